The summed E-state index contributed by atoms with van der Waals surface area (Å²) in [5.74, 6) is -0.689. The zero-order valence-electron chi connectivity index (χ0n) is 12.1. The molecule has 1 aromatic heterocycles. The van der Waals surface area contributed by atoms with E-state index in [1.54, 1.807) is 18.9 Å². The van der Waals surface area contributed by atoms with Gasteiger partial charge in [0.1, 0.15) is 6.54 Å². The molecule has 0 aliphatic heterocycles. The molecule has 0 radical (unpaired) electrons. The van der Waals surface area contributed by atoms with E-state index >= 15 is 0 Å². The van der Waals surface area contributed by atoms with Gasteiger partial charge in [-0.1, -0.05) is 5.21 Å². The summed E-state index contributed by atoms with van der Waals surface area (Å²) >= 11 is 5.81. The van der Waals surface area contributed by atoms with Gasteiger partial charge in [0.05, 0.1) is 18.2 Å². The highest BCUT2D eigenvalue weighted by Crippen LogP contribution is 2.11. The number of carbonyl (C=O) groups is 2. The van der Waals surface area contributed by atoms with Crippen molar-refractivity contribution in [1.82, 2.24) is 19.9 Å². The summed E-state index contributed by atoms with van der Waals surface area (Å²) in [4.78, 5) is 25.3. The van der Waals surface area contributed by atoms with Crippen LogP contribution in [-0.2, 0) is 22.0 Å². The van der Waals surface area contributed by atoms with E-state index in [0.29, 0.717) is 5.69 Å². The molecule has 0 bridgehead atoms. The molecule has 1 aromatic rings. The maximum absolute atomic E-state index is 12.0. The molecule has 20 heavy (non-hydrogen) atoms. The molecule has 1 amide bonds. The highest BCUT2D eigenvalue weighted by Gasteiger charge is 2.22. The first-order valence-corrected chi connectivity index (χ1v) is 6.86. The highest BCUT2D eigenvalue weighted by molar-refractivity contribution is 6.17. The number of amides is 1. The van der Waals surface area contributed by atoms with Crippen molar-refractivity contribution in [2.45, 2.75) is 39.2 Å². The quantitative estimate of drug-likeness (QED) is 0.580. The molecule has 0 unspecified atom stereocenters. The number of nitrogens with zero attached hydrogens (tertiary/aromatic N) is 4. The summed E-state index contributed by atoms with van der Waals surface area (Å²) in [6.45, 7) is 5.74. The maximum atomic E-state index is 12.0. The van der Waals surface area contributed by atoms with Gasteiger partial charge in [0.2, 0.25) is 5.91 Å². The van der Waals surface area contributed by atoms with Crippen molar-refractivity contribution < 1.29 is 14.3 Å². The Kier molecular flexibility index (Phi) is 5.94. The molecule has 0 saturated heterocycles. The molecule has 0 aliphatic rings. The third-order valence-corrected chi connectivity index (χ3v) is 3.14. The number of halogens is 1. The lowest BCUT2D eigenvalue weighted by Gasteiger charge is -2.21. The second kappa shape index (κ2) is 7.23. The molecule has 0 atom stereocenters. The number of aromatic nitrogens is 3. The Morgan fingerprint density at radius 1 is 1.45 bits per heavy atom. The van der Waals surface area contributed by atoms with Gasteiger partial charge in [0, 0.05) is 13.1 Å². The van der Waals surface area contributed by atoms with E-state index in [9.17, 15) is 9.59 Å². The average Bonchev–Trinajstić information content (AvgIpc) is 2.80. The van der Waals surface area contributed by atoms with Crippen LogP contribution in [0.4, 0.5) is 0 Å². The Balaban J connectivity index is 2.92. The molecular formula is C12H19ClN4O3. The van der Waals surface area contributed by atoms with Crippen molar-refractivity contribution in [3.63, 3.8) is 0 Å². The van der Waals surface area contributed by atoms with E-state index in [4.69, 9.17) is 16.3 Å². The first kappa shape index (κ1) is 16.4. The lowest BCUT2D eigenvalue weighted by Crippen LogP contribution is -2.36. The van der Waals surface area contributed by atoms with Crippen molar-refractivity contribution in [2.24, 2.45) is 0 Å². The van der Waals surface area contributed by atoms with Crippen molar-refractivity contribution in [2.75, 3.05) is 13.7 Å². The number of ether oxygens (including phenoxy) is 1. The second-order valence-corrected chi connectivity index (χ2v) is 4.76. The SMILES string of the molecule is CCOC(=O)c1nnn(CC(=O)N(C)C(C)C)c1CCl. The standard InChI is InChI=1S/C12H19ClN4O3/c1-5-20-12(19)11-9(6-13)17(15-14-11)7-10(18)16(4)8(2)3/h8H,5-7H2,1-4H3. The van der Waals surface area contributed by atoms with Gasteiger partial charge in [-0.15, -0.1) is 16.7 Å². The fourth-order valence-corrected chi connectivity index (χ4v) is 1.74. The summed E-state index contributed by atoms with van der Waals surface area (Å²) in [5.41, 5.74) is 0.442. The first-order chi connectivity index (χ1) is 9.42. The fraction of sp³-hybridized carbons (Fsp3) is 0.667. The minimum Gasteiger partial charge on any atom is -0.461 e. The van der Waals surface area contributed by atoms with E-state index in [1.807, 2.05) is 13.8 Å². The summed E-state index contributed by atoms with van der Waals surface area (Å²) in [5, 5.41) is 7.55. The van der Waals surface area contributed by atoms with Crippen LogP contribution in [-0.4, -0.2) is 51.5 Å². The molecule has 7 nitrogen and oxygen atoms in total. The average molecular weight is 303 g/mol. The minimum atomic E-state index is -0.584. The zero-order chi connectivity index (χ0) is 15.3. The number of hydrogen-bond donors (Lipinski definition) is 0. The highest BCUT2D eigenvalue weighted by atomic mass is 35.5. The Morgan fingerprint density at radius 3 is 2.60 bits per heavy atom. The maximum Gasteiger partial charge on any atom is 0.360 e. The van der Waals surface area contributed by atoms with Crippen molar-refractivity contribution in [1.29, 1.82) is 0 Å². The van der Waals surface area contributed by atoms with Crippen LogP contribution in [0.1, 0.15) is 37.0 Å². The van der Waals surface area contributed by atoms with Gasteiger partial charge in [0.15, 0.2) is 5.69 Å². The van der Waals surface area contributed by atoms with Gasteiger partial charge >= 0.3 is 5.97 Å². The normalized spacial score (nSPS) is 10.7. The van der Waals surface area contributed by atoms with Gasteiger partial charge in [-0.05, 0) is 20.8 Å². The molecule has 0 aromatic carbocycles. The van der Waals surface area contributed by atoms with Crippen molar-refractivity contribution >= 4 is 23.5 Å². The Bertz CT molecular complexity index is 487. The van der Waals surface area contributed by atoms with Crippen LogP contribution in [0.15, 0.2) is 0 Å². The summed E-state index contributed by atoms with van der Waals surface area (Å²) in [6, 6.07) is 0.0787. The minimum absolute atomic E-state index is 0.0108. The molecule has 0 N–H and O–H groups in total. The third-order valence-electron chi connectivity index (χ3n) is 2.89. The number of alkyl halides is 1. The molecule has 0 saturated carbocycles. The Hall–Kier alpha value is -1.63. The van der Waals surface area contributed by atoms with E-state index in [-0.39, 0.29) is 36.7 Å². The zero-order valence-corrected chi connectivity index (χ0v) is 12.8. The first-order valence-electron chi connectivity index (χ1n) is 6.33. The van der Waals surface area contributed by atoms with Crippen LogP contribution in [0.5, 0.6) is 0 Å². The molecule has 8 heteroatoms. The molecular weight excluding hydrogens is 284 g/mol. The summed E-state index contributed by atoms with van der Waals surface area (Å²) < 4.78 is 6.20. The Labute approximate surface area is 122 Å². The second-order valence-electron chi connectivity index (χ2n) is 4.49. The largest absolute Gasteiger partial charge is 0.461 e. The van der Waals surface area contributed by atoms with Gasteiger partial charge in [-0.3, -0.25) is 4.79 Å². The van der Waals surface area contributed by atoms with Crippen LogP contribution >= 0.6 is 11.6 Å². The molecule has 0 aliphatic carbocycles. The predicted octanol–water partition coefficient (Wildman–Crippen LogP) is 1.06. The topological polar surface area (TPSA) is 77.3 Å². The predicted molar refractivity (Wildman–Crippen MR) is 73.4 cm³/mol. The molecule has 0 fully saturated rings. The van der Waals surface area contributed by atoms with Gasteiger partial charge in [0.25, 0.3) is 0 Å². The van der Waals surface area contributed by atoms with E-state index < -0.39 is 5.97 Å². The number of likely N-dealkylation sites (N-methyl/N-ethyl adjacent to an activating group) is 1. The lowest BCUT2D eigenvalue weighted by atomic mass is 10.3. The Morgan fingerprint density at radius 2 is 2.10 bits per heavy atom. The monoisotopic (exact) mass is 302 g/mol. The van der Waals surface area contributed by atoms with Crippen LogP contribution < -0.4 is 0 Å². The van der Waals surface area contributed by atoms with Crippen molar-refractivity contribution in [3.8, 4) is 0 Å². The number of rotatable bonds is 6. The lowest BCUT2D eigenvalue weighted by molar-refractivity contribution is -0.132. The molecule has 1 rings (SSSR count). The fourth-order valence-electron chi connectivity index (χ4n) is 1.48. The smallest absolute Gasteiger partial charge is 0.360 e. The summed E-state index contributed by atoms with van der Waals surface area (Å²) in [7, 11) is 1.70. The summed E-state index contributed by atoms with van der Waals surface area (Å²) in [6.07, 6.45) is 0. The third kappa shape index (κ3) is 3.69. The van der Waals surface area contributed by atoms with E-state index in [1.165, 1.54) is 4.68 Å². The molecule has 112 valence electrons. The number of esters is 1. The van der Waals surface area contributed by atoms with Crippen LogP contribution in [0.3, 0.4) is 0 Å². The van der Waals surface area contributed by atoms with Gasteiger partial charge in [-0.2, -0.15) is 0 Å². The van der Waals surface area contributed by atoms with Crippen LogP contribution in [0, 0.1) is 0 Å². The number of carbonyl (C=O) groups excluding carboxylic acids is 2. The number of hydrogen-bond acceptors (Lipinski definition) is 5. The van der Waals surface area contributed by atoms with Gasteiger partial charge < -0.3 is 9.64 Å². The molecule has 1 heterocycles. The van der Waals surface area contributed by atoms with Crippen LogP contribution in [0.2, 0.25) is 0 Å². The van der Waals surface area contributed by atoms with E-state index in [0.717, 1.165) is 0 Å². The molecule has 0 spiro atoms. The van der Waals surface area contributed by atoms with Crippen molar-refractivity contribution in [3.05, 3.63) is 11.4 Å². The van der Waals surface area contributed by atoms with E-state index in [2.05, 4.69) is 10.3 Å². The van der Waals surface area contributed by atoms with Gasteiger partial charge in [-0.25, -0.2) is 9.48 Å². The van der Waals surface area contributed by atoms with Crippen LogP contribution in [0.25, 0.3) is 0 Å².